The maximum absolute atomic E-state index is 11.6. The first-order valence-electron chi connectivity index (χ1n) is 5.13. The van der Waals surface area contributed by atoms with Crippen LogP contribution in [0.3, 0.4) is 0 Å². The average Bonchev–Trinajstić information content (AvgIpc) is 2.17. The van der Waals surface area contributed by atoms with Gasteiger partial charge in [-0.05, 0) is 19.4 Å². The topological polar surface area (TPSA) is 20.3 Å². The summed E-state index contributed by atoms with van der Waals surface area (Å²) >= 11 is 0. The van der Waals surface area contributed by atoms with Crippen LogP contribution in [0.5, 0.6) is 0 Å². The highest BCUT2D eigenvalue weighted by Gasteiger charge is 2.38. The second kappa shape index (κ2) is 3.26. The fourth-order valence-corrected chi connectivity index (χ4v) is 2.61. The monoisotopic (exact) mass is 179 g/mol. The largest absolute Gasteiger partial charge is 0.299 e. The fraction of sp³-hybridized carbons (Fsp3) is 0.727. The minimum atomic E-state index is 0.277. The first-order valence-corrected chi connectivity index (χ1v) is 5.13. The van der Waals surface area contributed by atoms with E-state index < -0.39 is 0 Å². The quantitative estimate of drug-likeness (QED) is 0.598. The number of nitrogens with zero attached hydrogens (tertiary/aromatic N) is 1. The SMILES string of the molecule is CCC(=O)C1CC2C=CC1N(C)C2. The van der Waals surface area contributed by atoms with Crippen molar-refractivity contribution in [3.8, 4) is 0 Å². The summed E-state index contributed by atoms with van der Waals surface area (Å²) in [6.07, 6.45) is 6.27. The van der Waals surface area contributed by atoms with E-state index in [1.807, 2.05) is 6.92 Å². The molecule has 0 amide bonds. The number of fused-ring (bicyclic) bond motifs is 2. The van der Waals surface area contributed by atoms with Crippen molar-refractivity contribution in [3.63, 3.8) is 0 Å². The molecule has 2 heterocycles. The van der Waals surface area contributed by atoms with Crippen LogP contribution < -0.4 is 0 Å². The Morgan fingerprint density at radius 3 is 2.85 bits per heavy atom. The fourth-order valence-electron chi connectivity index (χ4n) is 2.61. The molecule has 0 aromatic rings. The molecule has 72 valence electrons. The molecule has 2 heteroatoms. The zero-order chi connectivity index (χ0) is 9.42. The number of rotatable bonds is 2. The Kier molecular flexibility index (Phi) is 2.24. The van der Waals surface area contributed by atoms with Crippen LogP contribution in [0.2, 0.25) is 0 Å². The molecule has 0 spiro atoms. The molecule has 0 aromatic carbocycles. The van der Waals surface area contributed by atoms with Crippen molar-refractivity contribution < 1.29 is 4.79 Å². The molecule has 3 atom stereocenters. The van der Waals surface area contributed by atoms with E-state index >= 15 is 0 Å². The van der Waals surface area contributed by atoms with Crippen molar-refractivity contribution in [1.82, 2.24) is 4.90 Å². The van der Waals surface area contributed by atoms with Gasteiger partial charge in [-0.1, -0.05) is 19.1 Å². The Labute approximate surface area is 79.6 Å². The van der Waals surface area contributed by atoms with Crippen molar-refractivity contribution in [2.45, 2.75) is 25.8 Å². The van der Waals surface area contributed by atoms with Gasteiger partial charge < -0.3 is 0 Å². The molecule has 2 aliphatic heterocycles. The van der Waals surface area contributed by atoms with Gasteiger partial charge in [-0.2, -0.15) is 0 Å². The second-order valence-corrected chi connectivity index (χ2v) is 4.24. The van der Waals surface area contributed by atoms with Crippen LogP contribution in [0.4, 0.5) is 0 Å². The summed E-state index contributed by atoms with van der Waals surface area (Å²) in [6, 6.07) is 0.387. The van der Waals surface area contributed by atoms with Gasteiger partial charge in [-0.3, -0.25) is 9.69 Å². The van der Waals surface area contributed by atoms with E-state index in [1.54, 1.807) is 0 Å². The van der Waals surface area contributed by atoms with Gasteiger partial charge in [0.05, 0.1) is 0 Å². The number of ketones is 1. The summed E-state index contributed by atoms with van der Waals surface area (Å²) in [6.45, 7) is 3.10. The van der Waals surface area contributed by atoms with E-state index in [4.69, 9.17) is 0 Å². The van der Waals surface area contributed by atoms with Crippen LogP contribution in [-0.2, 0) is 4.79 Å². The Balaban J connectivity index is 2.16. The second-order valence-electron chi connectivity index (χ2n) is 4.24. The highest BCUT2D eigenvalue weighted by Crippen LogP contribution is 2.34. The molecule has 0 N–H and O–H groups in total. The van der Waals surface area contributed by atoms with E-state index in [0.717, 1.165) is 13.0 Å². The predicted octanol–water partition coefficient (Wildman–Crippen LogP) is 1.47. The van der Waals surface area contributed by atoms with E-state index in [1.165, 1.54) is 0 Å². The molecule has 1 fully saturated rings. The van der Waals surface area contributed by atoms with Gasteiger partial charge in [0.1, 0.15) is 5.78 Å². The number of hydrogen-bond acceptors (Lipinski definition) is 2. The first kappa shape index (κ1) is 8.95. The van der Waals surface area contributed by atoms with E-state index in [2.05, 4.69) is 24.1 Å². The van der Waals surface area contributed by atoms with Crippen LogP contribution in [0.25, 0.3) is 0 Å². The summed E-state index contributed by atoms with van der Waals surface area (Å²) in [5.41, 5.74) is 0. The highest BCUT2D eigenvalue weighted by molar-refractivity contribution is 5.82. The zero-order valence-electron chi connectivity index (χ0n) is 8.36. The van der Waals surface area contributed by atoms with Crippen LogP contribution in [0, 0.1) is 11.8 Å². The van der Waals surface area contributed by atoms with Gasteiger partial charge in [-0.15, -0.1) is 0 Å². The van der Waals surface area contributed by atoms with Crippen molar-refractivity contribution >= 4 is 5.78 Å². The number of carbonyl (C=O) groups is 1. The molecular formula is C11H17NO. The maximum atomic E-state index is 11.6. The van der Waals surface area contributed by atoms with Crippen LogP contribution in [-0.4, -0.2) is 30.3 Å². The average molecular weight is 179 g/mol. The number of piperidine rings is 1. The van der Waals surface area contributed by atoms with Gasteiger partial charge in [0, 0.05) is 24.9 Å². The molecule has 13 heavy (non-hydrogen) atoms. The van der Waals surface area contributed by atoms with Gasteiger partial charge in [0.15, 0.2) is 0 Å². The number of hydrogen-bond donors (Lipinski definition) is 0. The normalized spacial score (nSPS) is 38.2. The molecule has 0 saturated carbocycles. The molecule has 1 aliphatic carbocycles. The highest BCUT2D eigenvalue weighted by atomic mass is 16.1. The predicted molar refractivity (Wildman–Crippen MR) is 52.5 cm³/mol. The van der Waals surface area contributed by atoms with Gasteiger partial charge in [0.25, 0.3) is 0 Å². The smallest absolute Gasteiger partial charge is 0.137 e. The van der Waals surface area contributed by atoms with Gasteiger partial charge >= 0.3 is 0 Å². The lowest BCUT2D eigenvalue weighted by atomic mass is 9.75. The zero-order valence-corrected chi connectivity index (χ0v) is 8.36. The standard InChI is InChI=1S/C11H17NO/c1-3-11(13)9-6-8-4-5-10(9)12(2)7-8/h4-5,8-10H,3,6-7H2,1-2H3. The van der Waals surface area contributed by atoms with Gasteiger partial charge in [0.2, 0.25) is 0 Å². The Bertz CT molecular complexity index is 246. The lowest BCUT2D eigenvalue weighted by molar-refractivity contribution is -0.126. The molecule has 3 unspecified atom stereocenters. The number of likely N-dealkylation sites (N-methyl/N-ethyl adjacent to an activating group) is 1. The summed E-state index contributed by atoms with van der Waals surface area (Å²) in [7, 11) is 2.12. The Morgan fingerprint density at radius 1 is 1.54 bits per heavy atom. The molecular weight excluding hydrogens is 162 g/mol. The number of Topliss-reactive ketones (excluding diaryl/α,β-unsaturated/α-hetero) is 1. The molecule has 0 aromatic heterocycles. The lowest BCUT2D eigenvalue weighted by Crippen LogP contribution is -2.50. The minimum Gasteiger partial charge on any atom is -0.299 e. The minimum absolute atomic E-state index is 0.277. The molecule has 3 rings (SSSR count). The van der Waals surface area contributed by atoms with E-state index in [-0.39, 0.29) is 5.92 Å². The molecule has 3 aliphatic rings. The molecule has 0 radical (unpaired) electrons. The third-order valence-corrected chi connectivity index (χ3v) is 3.34. The van der Waals surface area contributed by atoms with Crippen molar-refractivity contribution in [1.29, 1.82) is 0 Å². The van der Waals surface area contributed by atoms with Crippen molar-refractivity contribution in [2.24, 2.45) is 11.8 Å². The number of carbonyl (C=O) groups excluding carboxylic acids is 1. The van der Waals surface area contributed by atoms with Crippen LogP contribution >= 0.6 is 0 Å². The summed E-state index contributed by atoms with van der Waals surface area (Å²) < 4.78 is 0. The lowest BCUT2D eigenvalue weighted by Gasteiger charge is -2.44. The summed E-state index contributed by atoms with van der Waals surface area (Å²) in [5.74, 6) is 1.33. The van der Waals surface area contributed by atoms with E-state index in [0.29, 0.717) is 24.2 Å². The van der Waals surface area contributed by atoms with Crippen LogP contribution in [0.15, 0.2) is 12.2 Å². The molecule has 1 saturated heterocycles. The first-order chi connectivity index (χ1) is 6.22. The molecule has 2 bridgehead atoms. The Hall–Kier alpha value is -0.630. The molecule has 2 nitrogen and oxygen atoms in total. The summed E-state index contributed by atoms with van der Waals surface area (Å²) in [5, 5.41) is 0. The maximum Gasteiger partial charge on any atom is 0.137 e. The van der Waals surface area contributed by atoms with Crippen LogP contribution in [0.1, 0.15) is 19.8 Å². The third kappa shape index (κ3) is 1.44. The van der Waals surface area contributed by atoms with Gasteiger partial charge in [-0.25, -0.2) is 0 Å². The summed E-state index contributed by atoms with van der Waals surface area (Å²) in [4.78, 5) is 14.0. The Morgan fingerprint density at radius 2 is 2.31 bits per heavy atom. The van der Waals surface area contributed by atoms with E-state index in [9.17, 15) is 4.79 Å². The van der Waals surface area contributed by atoms with Crippen molar-refractivity contribution in [2.75, 3.05) is 13.6 Å². The third-order valence-electron chi connectivity index (χ3n) is 3.34. The van der Waals surface area contributed by atoms with Crippen molar-refractivity contribution in [3.05, 3.63) is 12.2 Å².